The van der Waals surface area contributed by atoms with E-state index in [-0.39, 0.29) is 11.8 Å². The fraction of sp³-hybridized carbons (Fsp3) is 0.474. The fourth-order valence-electron chi connectivity index (χ4n) is 4.14. The van der Waals surface area contributed by atoms with Crippen molar-refractivity contribution in [3.63, 3.8) is 0 Å². The first-order valence-electron chi connectivity index (χ1n) is 8.58. The molecule has 4 rings (SSSR count). The summed E-state index contributed by atoms with van der Waals surface area (Å²) in [4.78, 5) is 17.1. The van der Waals surface area contributed by atoms with Crippen molar-refractivity contribution in [1.82, 2.24) is 4.98 Å². The van der Waals surface area contributed by atoms with Crippen LogP contribution in [0, 0.1) is 17.8 Å². The Morgan fingerprint density at radius 3 is 2.74 bits per heavy atom. The van der Waals surface area contributed by atoms with E-state index < -0.39 is 0 Å². The van der Waals surface area contributed by atoms with Crippen LogP contribution >= 0.6 is 11.3 Å². The Hall–Kier alpha value is -1.68. The van der Waals surface area contributed by atoms with Gasteiger partial charge in [-0.25, -0.2) is 4.98 Å². The highest BCUT2D eigenvalue weighted by molar-refractivity contribution is 7.14. The van der Waals surface area contributed by atoms with Gasteiger partial charge in [0.1, 0.15) is 0 Å². The largest absolute Gasteiger partial charge is 0.302 e. The number of fused-ring (bicyclic) bond motifs is 2. The number of carbonyl (C=O) groups excluding carboxylic acids is 1. The minimum absolute atomic E-state index is 0.180. The molecule has 2 aromatic rings. The van der Waals surface area contributed by atoms with Gasteiger partial charge in [0.05, 0.1) is 5.69 Å². The predicted octanol–water partition coefficient (Wildman–Crippen LogP) is 4.75. The molecule has 1 amide bonds. The number of rotatable bonds is 4. The molecule has 2 aliphatic rings. The van der Waals surface area contributed by atoms with Gasteiger partial charge in [0.25, 0.3) is 0 Å². The van der Waals surface area contributed by atoms with E-state index in [2.05, 4.69) is 41.5 Å². The lowest BCUT2D eigenvalue weighted by Gasteiger charge is -2.19. The Morgan fingerprint density at radius 2 is 2.09 bits per heavy atom. The number of aryl methyl sites for hydroxylation is 1. The van der Waals surface area contributed by atoms with Gasteiger partial charge in [-0.15, -0.1) is 11.3 Å². The van der Waals surface area contributed by atoms with Crippen LogP contribution in [0.1, 0.15) is 38.2 Å². The zero-order chi connectivity index (χ0) is 15.8. The van der Waals surface area contributed by atoms with Crippen molar-refractivity contribution in [3.8, 4) is 11.3 Å². The minimum atomic E-state index is 0.180. The topological polar surface area (TPSA) is 42.0 Å². The maximum absolute atomic E-state index is 12.5. The summed E-state index contributed by atoms with van der Waals surface area (Å²) in [7, 11) is 0. The third-order valence-electron chi connectivity index (χ3n) is 5.47. The number of nitrogens with one attached hydrogen (secondary N) is 1. The summed E-state index contributed by atoms with van der Waals surface area (Å²) >= 11 is 1.52. The molecule has 0 radical (unpaired) electrons. The Labute approximate surface area is 141 Å². The third-order valence-corrected chi connectivity index (χ3v) is 6.22. The van der Waals surface area contributed by atoms with Crippen LogP contribution < -0.4 is 5.32 Å². The Kier molecular flexibility index (Phi) is 3.93. The molecule has 2 aliphatic carbocycles. The summed E-state index contributed by atoms with van der Waals surface area (Å²) < 4.78 is 0. The SMILES string of the molecule is CCc1ccc(-c2csc(NC(=O)[C@@H]3C[C@H]4CC[C@H]3C4)n2)cc1. The van der Waals surface area contributed by atoms with Gasteiger partial charge in [0, 0.05) is 16.9 Å². The molecule has 0 spiro atoms. The van der Waals surface area contributed by atoms with Crippen LogP contribution in [-0.2, 0) is 11.2 Å². The van der Waals surface area contributed by atoms with Crippen LogP contribution in [0.4, 0.5) is 5.13 Å². The first-order chi connectivity index (χ1) is 11.2. The molecule has 3 nitrogen and oxygen atoms in total. The highest BCUT2D eigenvalue weighted by atomic mass is 32.1. The molecule has 4 heteroatoms. The van der Waals surface area contributed by atoms with Crippen molar-refractivity contribution >= 4 is 22.4 Å². The molecular weight excluding hydrogens is 304 g/mol. The zero-order valence-corrected chi connectivity index (χ0v) is 14.2. The van der Waals surface area contributed by atoms with Crippen molar-refractivity contribution in [3.05, 3.63) is 35.2 Å². The summed E-state index contributed by atoms with van der Waals surface area (Å²) in [5.74, 6) is 1.80. The van der Waals surface area contributed by atoms with Crippen LogP contribution in [0.2, 0.25) is 0 Å². The smallest absolute Gasteiger partial charge is 0.229 e. The summed E-state index contributed by atoms with van der Waals surface area (Å²) in [5.41, 5.74) is 3.38. The molecule has 1 heterocycles. The molecule has 2 bridgehead atoms. The molecule has 1 aromatic carbocycles. The third kappa shape index (κ3) is 2.92. The molecule has 2 saturated carbocycles. The molecule has 1 N–H and O–H groups in total. The predicted molar refractivity (Wildman–Crippen MR) is 94.5 cm³/mol. The average Bonchev–Trinajstić information content (AvgIpc) is 3.31. The number of carbonyl (C=O) groups is 1. The van der Waals surface area contributed by atoms with Gasteiger partial charge in [-0.1, -0.05) is 37.6 Å². The van der Waals surface area contributed by atoms with Gasteiger partial charge in [0.2, 0.25) is 5.91 Å². The number of hydrogen-bond acceptors (Lipinski definition) is 3. The number of benzene rings is 1. The van der Waals surface area contributed by atoms with E-state index in [1.54, 1.807) is 0 Å². The maximum atomic E-state index is 12.5. The number of amides is 1. The van der Waals surface area contributed by atoms with Gasteiger partial charge in [-0.05, 0) is 43.1 Å². The van der Waals surface area contributed by atoms with Gasteiger partial charge in [-0.2, -0.15) is 0 Å². The Bertz CT molecular complexity index is 706. The van der Waals surface area contributed by atoms with Gasteiger partial charge >= 0.3 is 0 Å². The number of hydrogen-bond donors (Lipinski definition) is 1. The number of aromatic nitrogens is 1. The first-order valence-corrected chi connectivity index (χ1v) is 9.46. The summed E-state index contributed by atoms with van der Waals surface area (Å²) in [6.07, 6.45) is 5.93. The van der Waals surface area contributed by atoms with Crippen molar-refractivity contribution in [2.75, 3.05) is 5.32 Å². The minimum Gasteiger partial charge on any atom is -0.302 e. The van der Waals surface area contributed by atoms with E-state index in [0.717, 1.165) is 35.1 Å². The van der Waals surface area contributed by atoms with Gasteiger partial charge in [-0.3, -0.25) is 4.79 Å². The molecule has 0 saturated heterocycles. The van der Waals surface area contributed by atoms with Gasteiger partial charge < -0.3 is 5.32 Å². The normalized spacial score (nSPS) is 25.7. The van der Waals surface area contributed by atoms with Crippen LogP contribution in [0.15, 0.2) is 29.6 Å². The highest BCUT2D eigenvalue weighted by Crippen LogP contribution is 2.48. The molecule has 120 valence electrons. The Balaban J connectivity index is 1.44. The molecule has 0 aliphatic heterocycles. The lowest BCUT2D eigenvalue weighted by atomic mass is 9.88. The van der Waals surface area contributed by atoms with Crippen LogP contribution in [-0.4, -0.2) is 10.9 Å². The van der Waals surface area contributed by atoms with Crippen molar-refractivity contribution < 1.29 is 4.79 Å². The molecule has 3 atom stereocenters. The van der Waals surface area contributed by atoms with E-state index in [9.17, 15) is 4.79 Å². The quantitative estimate of drug-likeness (QED) is 0.881. The second kappa shape index (κ2) is 6.08. The van der Waals surface area contributed by atoms with Crippen molar-refractivity contribution in [2.45, 2.75) is 39.0 Å². The van der Waals surface area contributed by atoms with E-state index in [1.807, 2.05) is 5.38 Å². The first kappa shape index (κ1) is 14.9. The van der Waals surface area contributed by atoms with Crippen LogP contribution in [0.3, 0.4) is 0 Å². The zero-order valence-electron chi connectivity index (χ0n) is 13.4. The van der Waals surface area contributed by atoms with Crippen molar-refractivity contribution in [1.29, 1.82) is 0 Å². The number of thiazole rings is 1. The second-order valence-electron chi connectivity index (χ2n) is 6.86. The number of anilines is 1. The molecular formula is C19H22N2OS. The molecule has 2 fully saturated rings. The van der Waals surface area contributed by atoms with E-state index in [1.165, 1.54) is 36.2 Å². The lowest BCUT2D eigenvalue weighted by Crippen LogP contribution is -2.27. The summed E-state index contributed by atoms with van der Waals surface area (Å²) in [6, 6.07) is 8.50. The molecule has 0 unspecified atom stereocenters. The van der Waals surface area contributed by atoms with Crippen LogP contribution in [0.25, 0.3) is 11.3 Å². The standard InChI is InChI=1S/C19H22N2OS/c1-2-12-3-6-14(7-4-12)17-11-23-19(20-17)21-18(22)16-10-13-5-8-15(16)9-13/h3-4,6-7,11,13,15-16H,2,5,8-10H2,1H3,(H,20,21,22)/t13-,15-,16+/m0/s1. The Morgan fingerprint density at radius 1 is 1.26 bits per heavy atom. The second-order valence-corrected chi connectivity index (χ2v) is 7.72. The average molecular weight is 326 g/mol. The van der Waals surface area contributed by atoms with E-state index in [4.69, 9.17) is 0 Å². The fourth-order valence-corrected chi connectivity index (χ4v) is 4.86. The van der Waals surface area contributed by atoms with Crippen LogP contribution in [0.5, 0.6) is 0 Å². The molecule has 1 aromatic heterocycles. The van der Waals surface area contributed by atoms with Gasteiger partial charge in [0.15, 0.2) is 5.13 Å². The highest BCUT2D eigenvalue weighted by Gasteiger charge is 2.43. The molecule has 23 heavy (non-hydrogen) atoms. The summed E-state index contributed by atoms with van der Waals surface area (Å²) in [6.45, 7) is 2.15. The monoisotopic (exact) mass is 326 g/mol. The van der Waals surface area contributed by atoms with E-state index >= 15 is 0 Å². The maximum Gasteiger partial charge on any atom is 0.229 e. The lowest BCUT2D eigenvalue weighted by molar-refractivity contribution is -0.121. The van der Waals surface area contributed by atoms with Crippen molar-refractivity contribution in [2.24, 2.45) is 17.8 Å². The van der Waals surface area contributed by atoms with E-state index in [0.29, 0.717) is 5.92 Å². The number of nitrogens with zero attached hydrogens (tertiary/aromatic N) is 1. The summed E-state index contributed by atoms with van der Waals surface area (Å²) in [5, 5.41) is 5.80.